The summed E-state index contributed by atoms with van der Waals surface area (Å²) >= 11 is 11.5. The molecule has 0 saturated carbocycles. The third-order valence-electron chi connectivity index (χ3n) is 2.91. The van der Waals surface area contributed by atoms with E-state index < -0.39 is 34.7 Å². The van der Waals surface area contributed by atoms with Crippen LogP contribution in [0.25, 0.3) is 22.9 Å². The maximum Gasteiger partial charge on any atom is 0.251 e. The molecule has 0 fully saturated rings. The normalized spacial score (nSPS) is 11.0. The fourth-order valence-electron chi connectivity index (χ4n) is 1.81. The first kappa shape index (κ1) is 15.8. The summed E-state index contributed by atoms with van der Waals surface area (Å²) in [6.45, 7) is 0. The SMILES string of the molecule is Fc1cc(F)c(-c2nnc(-c3cc(F)c(Cl)cc3Cl)o2)cc1F. The Morgan fingerprint density at radius 3 is 1.91 bits per heavy atom. The molecule has 9 heteroatoms. The van der Waals surface area contributed by atoms with Crippen molar-refractivity contribution in [1.82, 2.24) is 10.2 Å². The maximum absolute atomic E-state index is 13.7. The second-order valence-electron chi connectivity index (χ2n) is 4.40. The molecule has 0 aliphatic rings. The van der Waals surface area contributed by atoms with Crippen molar-refractivity contribution >= 4 is 23.2 Å². The quantitative estimate of drug-likeness (QED) is 0.460. The first-order valence-corrected chi connectivity index (χ1v) is 6.75. The Kier molecular flexibility index (Phi) is 3.99. The van der Waals surface area contributed by atoms with Crippen molar-refractivity contribution in [3.63, 3.8) is 0 Å². The number of hydrogen-bond acceptors (Lipinski definition) is 3. The third kappa shape index (κ3) is 2.89. The maximum atomic E-state index is 13.7. The highest BCUT2D eigenvalue weighted by molar-refractivity contribution is 6.36. The molecular weight excluding hydrogens is 359 g/mol. The molecule has 0 spiro atoms. The fourth-order valence-corrected chi connectivity index (χ4v) is 2.28. The van der Waals surface area contributed by atoms with Crippen LogP contribution >= 0.6 is 23.2 Å². The Balaban J connectivity index is 2.08. The van der Waals surface area contributed by atoms with E-state index in [1.54, 1.807) is 0 Å². The summed E-state index contributed by atoms with van der Waals surface area (Å²) in [4.78, 5) is 0. The van der Waals surface area contributed by atoms with Crippen LogP contribution in [-0.4, -0.2) is 10.2 Å². The van der Waals surface area contributed by atoms with Gasteiger partial charge in [0.15, 0.2) is 11.6 Å². The molecule has 0 radical (unpaired) electrons. The summed E-state index contributed by atoms with van der Waals surface area (Å²) in [6.07, 6.45) is 0. The van der Waals surface area contributed by atoms with Gasteiger partial charge in [-0.1, -0.05) is 23.2 Å². The van der Waals surface area contributed by atoms with E-state index >= 15 is 0 Å². The molecule has 3 aromatic rings. The molecule has 0 unspecified atom stereocenters. The molecule has 1 aromatic heterocycles. The Labute approximate surface area is 136 Å². The molecule has 3 nitrogen and oxygen atoms in total. The van der Waals surface area contributed by atoms with Gasteiger partial charge in [0, 0.05) is 6.07 Å². The molecule has 0 atom stereocenters. The molecule has 0 aliphatic heterocycles. The van der Waals surface area contributed by atoms with E-state index in [1.807, 2.05) is 0 Å². The van der Waals surface area contributed by atoms with Gasteiger partial charge in [0.05, 0.1) is 21.2 Å². The van der Waals surface area contributed by atoms with E-state index in [0.717, 1.165) is 12.1 Å². The average Bonchev–Trinajstić information content (AvgIpc) is 2.96. The lowest BCUT2D eigenvalue weighted by molar-refractivity contribution is 0.493. The highest BCUT2D eigenvalue weighted by Gasteiger charge is 2.19. The predicted octanol–water partition coefficient (Wildman–Crippen LogP) is 5.27. The van der Waals surface area contributed by atoms with Crippen molar-refractivity contribution in [2.75, 3.05) is 0 Å². The lowest BCUT2D eigenvalue weighted by atomic mass is 10.2. The van der Waals surface area contributed by atoms with Crippen molar-refractivity contribution in [2.45, 2.75) is 0 Å². The monoisotopic (exact) mass is 362 g/mol. The molecule has 0 bridgehead atoms. The van der Waals surface area contributed by atoms with Crippen LogP contribution in [0, 0.1) is 23.3 Å². The minimum absolute atomic E-state index is 0.0234. The van der Waals surface area contributed by atoms with Crippen LogP contribution in [0.1, 0.15) is 0 Å². The lowest BCUT2D eigenvalue weighted by Crippen LogP contribution is -1.91. The zero-order valence-electron chi connectivity index (χ0n) is 10.9. The Morgan fingerprint density at radius 2 is 1.22 bits per heavy atom. The van der Waals surface area contributed by atoms with Crippen molar-refractivity contribution in [2.24, 2.45) is 0 Å². The Morgan fingerprint density at radius 1 is 0.652 bits per heavy atom. The third-order valence-corrected chi connectivity index (χ3v) is 3.51. The smallest absolute Gasteiger partial charge is 0.251 e. The van der Waals surface area contributed by atoms with Gasteiger partial charge in [-0.05, 0) is 18.2 Å². The molecule has 3 rings (SSSR count). The van der Waals surface area contributed by atoms with E-state index in [1.165, 1.54) is 0 Å². The summed E-state index contributed by atoms with van der Waals surface area (Å²) in [5.41, 5.74) is -0.413. The first-order chi connectivity index (χ1) is 10.9. The topological polar surface area (TPSA) is 38.9 Å². The molecule has 118 valence electrons. The number of benzene rings is 2. The van der Waals surface area contributed by atoms with Crippen LogP contribution in [0.2, 0.25) is 10.0 Å². The van der Waals surface area contributed by atoms with E-state index in [0.29, 0.717) is 12.1 Å². The summed E-state index contributed by atoms with van der Waals surface area (Å²) in [5, 5.41) is 6.94. The van der Waals surface area contributed by atoms with Gasteiger partial charge >= 0.3 is 0 Å². The van der Waals surface area contributed by atoms with Gasteiger partial charge in [-0.15, -0.1) is 10.2 Å². The Hall–Kier alpha value is -2.12. The van der Waals surface area contributed by atoms with Crippen LogP contribution in [0.15, 0.2) is 28.7 Å². The lowest BCUT2D eigenvalue weighted by Gasteiger charge is -2.01. The second-order valence-corrected chi connectivity index (χ2v) is 5.22. The van der Waals surface area contributed by atoms with E-state index in [-0.39, 0.29) is 21.5 Å². The van der Waals surface area contributed by atoms with Crippen LogP contribution in [-0.2, 0) is 0 Å². The zero-order chi connectivity index (χ0) is 16.7. The zero-order valence-corrected chi connectivity index (χ0v) is 12.4. The highest BCUT2D eigenvalue weighted by atomic mass is 35.5. The first-order valence-electron chi connectivity index (χ1n) is 6.00. The molecule has 0 N–H and O–H groups in total. The standard InChI is InChI=1S/C14H4Cl2F4N2O/c15-7-3-8(16)10(18)1-5(7)13-21-22-14(23-13)6-2-11(19)12(20)4-9(6)17/h1-4H. The number of halogens is 6. The van der Waals surface area contributed by atoms with Crippen molar-refractivity contribution in [3.8, 4) is 22.9 Å². The van der Waals surface area contributed by atoms with Gasteiger partial charge in [0.25, 0.3) is 5.89 Å². The fraction of sp³-hybridized carbons (Fsp3) is 0. The molecule has 0 saturated heterocycles. The van der Waals surface area contributed by atoms with Crippen molar-refractivity contribution in [3.05, 3.63) is 57.6 Å². The predicted molar refractivity (Wildman–Crippen MR) is 75.0 cm³/mol. The molecule has 1 heterocycles. The Bertz CT molecular complexity index is 842. The summed E-state index contributed by atoms with van der Waals surface area (Å²) < 4.78 is 58.5. The van der Waals surface area contributed by atoms with Gasteiger partial charge in [0.1, 0.15) is 11.6 Å². The second kappa shape index (κ2) is 5.82. The van der Waals surface area contributed by atoms with E-state index in [4.69, 9.17) is 27.6 Å². The van der Waals surface area contributed by atoms with E-state index in [2.05, 4.69) is 10.2 Å². The summed E-state index contributed by atoms with van der Waals surface area (Å²) in [5.74, 6) is -5.14. The number of nitrogens with zero attached hydrogens (tertiary/aromatic N) is 2. The van der Waals surface area contributed by atoms with Gasteiger partial charge in [-0.3, -0.25) is 0 Å². The molecule has 23 heavy (non-hydrogen) atoms. The van der Waals surface area contributed by atoms with Crippen LogP contribution < -0.4 is 0 Å². The van der Waals surface area contributed by atoms with Gasteiger partial charge in [0.2, 0.25) is 5.89 Å². The molecule has 0 aliphatic carbocycles. The van der Waals surface area contributed by atoms with Crippen molar-refractivity contribution in [1.29, 1.82) is 0 Å². The highest BCUT2D eigenvalue weighted by Crippen LogP contribution is 2.33. The van der Waals surface area contributed by atoms with Gasteiger partial charge in [-0.2, -0.15) is 0 Å². The largest absolute Gasteiger partial charge is 0.416 e. The van der Waals surface area contributed by atoms with Crippen LogP contribution in [0.3, 0.4) is 0 Å². The average molecular weight is 363 g/mol. The molecular formula is C14H4Cl2F4N2O. The number of aromatic nitrogens is 2. The van der Waals surface area contributed by atoms with Gasteiger partial charge < -0.3 is 4.42 Å². The number of hydrogen-bond donors (Lipinski definition) is 0. The van der Waals surface area contributed by atoms with Crippen LogP contribution in [0.5, 0.6) is 0 Å². The van der Waals surface area contributed by atoms with Crippen LogP contribution in [0.4, 0.5) is 17.6 Å². The summed E-state index contributed by atoms with van der Waals surface area (Å²) in [7, 11) is 0. The minimum atomic E-state index is -1.35. The van der Waals surface area contributed by atoms with Crippen molar-refractivity contribution < 1.29 is 22.0 Å². The van der Waals surface area contributed by atoms with Gasteiger partial charge in [-0.25, -0.2) is 17.6 Å². The molecule has 0 amide bonds. The molecule has 2 aromatic carbocycles. The summed E-state index contributed by atoms with van der Waals surface area (Å²) in [6, 6.07) is 3.02. The minimum Gasteiger partial charge on any atom is -0.416 e. The number of rotatable bonds is 2. The van der Waals surface area contributed by atoms with E-state index in [9.17, 15) is 17.6 Å².